The molecular formula is C19H33N6O5P. The molecule has 0 fully saturated rings. The molecule has 1 amide bonds. The summed E-state index contributed by atoms with van der Waals surface area (Å²) in [5.41, 5.74) is 7.05. The molecule has 3 N–H and O–H groups in total. The molecule has 0 radical (unpaired) electrons. The molecule has 1 unspecified atom stereocenters. The summed E-state index contributed by atoms with van der Waals surface area (Å²) in [6.45, 7) is 12.5. The number of carbonyl (C=O) groups is 1. The van der Waals surface area contributed by atoms with E-state index in [1.165, 1.54) is 4.52 Å². The highest BCUT2D eigenvalue weighted by Gasteiger charge is 2.29. The van der Waals surface area contributed by atoms with E-state index in [4.69, 9.17) is 19.5 Å². The third kappa shape index (κ3) is 7.24. The van der Waals surface area contributed by atoms with Gasteiger partial charge in [0.25, 0.3) is 0 Å². The Morgan fingerprint density at radius 2 is 1.77 bits per heavy atom. The van der Waals surface area contributed by atoms with Crippen molar-refractivity contribution in [1.82, 2.24) is 19.6 Å². The summed E-state index contributed by atoms with van der Waals surface area (Å²) in [6.07, 6.45) is 0.975. The zero-order chi connectivity index (χ0) is 23.3. The first-order valence-electron chi connectivity index (χ1n) is 10.3. The normalized spacial score (nSPS) is 13.5. The average molecular weight is 456 g/mol. The Hall–Kier alpha value is -2.07. The predicted octanol–water partition coefficient (Wildman–Crippen LogP) is 3.25. The summed E-state index contributed by atoms with van der Waals surface area (Å²) in [5, 5.41) is 6.97. The number of nitrogens with two attached hydrogens (primary N) is 1. The van der Waals surface area contributed by atoms with Crippen molar-refractivity contribution in [3.05, 3.63) is 11.9 Å². The lowest BCUT2D eigenvalue weighted by Crippen LogP contribution is -2.21. The molecule has 2 rings (SSSR count). The van der Waals surface area contributed by atoms with Crippen molar-refractivity contribution < 1.29 is 23.1 Å². The molecule has 0 spiro atoms. The number of amides is 1. The predicted molar refractivity (Wildman–Crippen MR) is 118 cm³/mol. The van der Waals surface area contributed by atoms with Gasteiger partial charge in [0.1, 0.15) is 6.35 Å². The molecular weight excluding hydrogens is 423 g/mol. The van der Waals surface area contributed by atoms with Crippen molar-refractivity contribution in [2.75, 3.05) is 17.4 Å². The topological polar surface area (TPSA) is 143 Å². The van der Waals surface area contributed by atoms with Crippen LogP contribution in [0.1, 0.15) is 54.2 Å². The summed E-state index contributed by atoms with van der Waals surface area (Å²) in [7, 11) is -3.40. The zero-order valence-electron chi connectivity index (χ0n) is 19.2. The molecule has 174 valence electrons. The van der Waals surface area contributed by atoms with E-state index in [2.05, 4.69) is 20.4 Å². The molecule has 2 aromatic rings. The minimum atomic E-state index is -3.40. The molecule has 0 saturated heterocycles. The number of ether oxygens (including phenoxy) is 1. The Labute approximate surface area is 182 Å². The molecule has 0 aliphatic carbocycles. The van der Waals surface area contributed by atoms with E-state index in [1.807, 2.05) is 6.92 Å². The van der Waals surface area contributed by atoms with Crippen LogP contribution in [0.15, 0.2) is 6.20 Å². The first-order valence-corrected chi connectivity index (χ1v) is 12.0. The molecule has 12 heteroatoms. The van der Waals surface area contributed by atoms with Gasteiger partial charge < -0.3 is 19.5 Å². The third-order valence-corrected chi connectivity index (χ3v) is 5.93. The number of rotatable bonds is 11. The van der Waals surface area contributed by atoms with E-state index in [1.54, 1.807) is 47.7 Å². The second kappa shape index (κ2) is 10.5. The Morgan fingerprint density at radius 3 is 2.32 bits per heavy atom. The van der Waals surface area contributed by atoms with Crippen LogP contribution in [-0.4, -0.2) is 50.1 Å². The SMILES string of the molecule is CC(C)OP(=O)(COC(C)Cc1cnc2c(N)nc(NC(=O)C(C)C)nn12)OC(C)C. The van der Waals surface area contributed by atoms with Gasteiger partial charge in [0, 0.05) is 12.3 Å². The van der Waals surface area contributed by atoms with E-state index in [9.17, 15) is 9.36 Å². The van der Waals surface area contributed by atoms with Crippen LogP contribution in [0.25, 0.3) is 5.65 Å². The second-order valence-electron chi connectivity index (χ2n) is 8.18. The van der Waals surface area contributed by atoms with Gasteiger partial charge in [-0.3, -0.25) is 14.7 Å². The number of hydrogen-bond acceptors (Lipinski definition) is 9. The number of fused-ring (bicyclic) bond motifs is 1. The summed E-state index contributed by atoms with van der Waals surface area (Å²) in [4.78, 5) is 20.3. The van der Waals surface area contributed by atoms with E-state index in [-0.39, 0.29) is 48.3 Å². The molecule has 0 aromatic carbocycles. The standard InChI is InChI=1S/C19H33N6O5P/c1-11(2)18(26)23-19-22-16(20)17-21-9-15(25(17)24-19)8-14(7)28-10-31(27,29-12(3)4)30-13(5)6/h9,11-14H,8,10H2,1-7H3,(H3,20,22,23,24,26). The number of nitrogens with one attached hydrogen (secondary N) is 1. The van der Waals surface area contributed by atoms with Crippen LogP contribution in [0.4, 0.5) is 11.8 Å². The van der Waals surface area contributed by atoms with Crippen LogP contribution in [0.5, 0.6) is 0 Å². The van der Waals surface area contributed by atoms with Crippen molar-refractivity contribution >= 4 is 30.9 Å². The maximum atomic E-state index is 12.9. The molecule has 0 aliphatic heterocycles. The largest absolute Gasteiger partial charge is 0.380 e. The lowest BCUT2D eigenvalue weighted by molar-refractivity contribution is -0.118. The van der Waals surface area contributed by atoms with Gasteiger partial charge in [0.05, 0.1) is 30.2 Å². The van der Waals surface area contributed by atoms with Gasteiger partial charge in [-0.15, -0.1) is 5.10 Å². The lowest BCUT2D eigenvalue weighted by atomic mass is 10.2. The number of imidazole rings is 1. The van der Waals surface area contributed by atoms with Crippen LogP contribution in [0.2, 0.25) is 0 Å². The van der Waals surface area contributed by atoms with Gasteiger partial charge in [-0.2, -0.15) is 4.98 Å². The Bertz CT molecular complexity index is 931. The van der Waals surface area contributed by atoms with Gasteiger partial charge in [0.15, 0.2) is 11.5 Å². The smallest absolute Gasteiger partial charge is 0.356 e. The van der Waals surface area contributed by atoms with Gasteiger partial charge in [-0.25, -0.2) is 9.50 Å². The number of anilines is 2. The van der Waals surface area contributed by atoms with Crippen molar-refractivity contribution in [2.24, 2.45) is 5.92 Å². The van der Waals surface area contributed by atoms with Crippen molar-refractivity contribution in [2.45, 2.75) is 73.2 Å². The van der Waals surface area contributed by atoms with Crippen LogP contribution in [0.3, 0.4) is 0 Å². The Morgan fingerprint density at radius 1 is 1.16 bits per heavy atom. The number of carbonyl (C=O) groups excluding carboxylic acids is 1. The number of hydrogen-bond donors (Lipinski definition) is 2. The minimum absolute atomic E-state index is 0.0942. The lowest BCUT2D eigenvalue weighted by Gasteiger charge is -2.24. The summed E-state index contributed by atoms with van der Waals surface area (Å²) in [5.74, 6) is -0.207. The molecule has 1 atom stereocenters. The van der Waals surface area contributed by atoms with Gasteiger partial charge >= 0.3 is 7.60 Å². The highest BCUT2D eigenvalue weighted by Crippen LogP contribution is 2.50. The number of aromatic nitrogens is 4. The van der Waals surface area contributed by atoms with Gasteiger partial charge in [-0.1, -0.05) is 13.8 Å². The van der Waals surface area contributed by atoms with E-state index >= 15 is 0 Å². The van der Waals surface area contributed by atoms with Crippen LogP contribution >= 0.6 is 7.60 Å². The highest BCUT2D eigenvalue weighted by molar-refractivity contribution is 7.53. The summed E-state index contributed by atoms with van der Waals surface area (Å²) < 4.78 is 31.3. The second-order valence-corrected chi connectivity index (χ2v) is 10.1. The quantitative estimate of drug-likeness (QED) is 0.487. The molecule has 2 heterocycles. The van der Waals surface area contributed by atoms with Crippen molar-refractivity contribution in [1.29, 1.82) is 0 Å². The van der Waals surface area contributed by atoms with E-state index < -0.39 is 7.60 Å². The molecule has 0 saturated carbocycles. The monoisotopic (exact) mass is 456 g/mol. The molecule has 31 heavy (non-hydrogen) atoms. The molecule has 2 aromatic heterocycles. The highest BCUT2D eigenvalue weighted by atomic mass is 31.2. The van der Waals surface area contributed by atoms with E-state index in [0.717, 1.165) is 0 Å². The number of nitrogen functional groups attached to an aromatic ring is 1. The zero-order valence-corrected chi connectivity index (χ0v) is 20.1. The summed E-state index contributed by atoms with van der Waals surface area (Å²) >= 11 is 0. The fourth-order valence-corrected chi connectivity index (χ4v) is 4.59. The summed E-state index contributed by atoms with van der Waals surface area (Å²) in [6, 6.07) is 0. The Kier molecular flexibility index (Phi) is 8.53. The molecule has 0 aliphatic rings. The molecule has 11 nitrogen and oxygen atoms in total. The Balaban J connectivity index is 2.14. The van der Waals surface area contributed by atoms with Crippen LogP contribution in [-0.2, 0) is 29.6 Å². The van der Waals surface area contributed by atoms with E-state index in [0.29, 0.717) is 17.8 Å². The third-order valence-electron chi connectivity index (χ3n) is 3.97. The van der Waals surface area contributed by atoms with Crippen LogP contribution in [0, 0.1) is 5.92 Å². The molecule has 0 bridgehead atoms. The number of nitrogens with zero attached hydrogens (tertiary/aromatic N) is 4. The van der Waals surface area contributed by atoms with Crippen molar-refractivity contribution in [3.63, 3.8) is 0 Å². The van der Waals surface area contributed by atoms with Gasteiger partial charge in [0.2, 0.25) is 11.9 Å². The maximum absolute atomic E-state index is 12.9. The first-order chi connectivity index (χ1) is 14.4. The average Bonchev–Trinajstić information content (AvgIpc) is 3.02. The van der Waals surface area contributed by atoms with Crippen molar-refractivity contribution in [3.8, 4) is 0 Å². The first kappa shape index (κ1) is 25.2. The maximum Gasteiger partial charge on any atom is 0.356 e. The van der Waals surface area contributed by atoms with Gasteiger partial charge in [-0.05, 0) is 34.6 Å². The van der Waals surface area contributed by atoms with Crippen LogP contribution < -0.4 is 11.1 Å². The fourth-order valence-electron chi connectivity index (χ4n) is 2.70. The minimum Gasteiger partial charge on any atom is -0.380 e. The fraction of sp³-hybridized carbons (Fsp3) is 0.684.